The number of benzene rings is 2. The molecular weight excluding hydrogens is 450 g/mol. The highest BCUT2D eigenvalue weighted by Gasteiger charge is 2.29. The molecule has 0 fully saturated rings. The molecule has 1 aliphatic rings. The number of aryl methyl sites for hydroxylation is 1. The highest BCUT2D eigenvalue weighted by molar-refractivity contribution is 6.50. The minimum absolute atomic E-state index is 0.415. The van der Waals surface area contributed by atoms with Crippen molar-refractivity contribution in [2.75, 3.05) is 31.6 Å². The van der Waals surface area contributed by atoms with E-state index in [4.69, 9.17) is 24.9 Å². The highest BCUT2D eigenvalue weighted by Crippen LogP contribution is 2.30. The Labute approximate surface area is 211 Å². The first-order valence-electron chi connectivity index (χ1n) is 12.3. The third-order valence-electron chi connectivity index (χ3n) is 6.55. The second-order valence-corrected chi connectivity index (χ2v) is 8.75. The number of rotatable bonds is 8. The predicted octanol–water partition coefficient (Wildman–Crippen LogP) is 5.05. The molecule has 8 heteroatoms. The molecule has 1 aliphatic heterocycles. The van der Waals surface area contributed by atoms with Gasteiger partial charge in [-0.15, -0.1) is 0 Å². The van der Waals surface area contributed by atoms with E-state index in [9.17, 15) is 0 Å². The van der Waals surface area contributed by atoms with Gasteiger partial charge in [0, 0.05) is 24.2 Å². The van der Waals surface area contributed by atoms with Gasteiger partial charge in [-0.25, -0.2) is 19.6 Å². The molecule has 0 spiro atoms. The zero-order valence-corrected chi connectivity index (χ0v) is 21.4. The number of aromatic nitrogens is 3. The van der Waals surface area contributed by atoms with Gasteiger partial charge in [0.25, 0.3) is 0 Å². The molecule has 2 aromatic carbocycles. The van der Waals surface area contributed by atoms with Gasteiger partial charge in [0.15, 0.2) is 5.82 Å². The van der Waals surface area contributed by atoms with Crippen molar-refractivity contribution in [3.8, 4) is 11.4 Å². The van der Waals surface area contributed by atoms with E-state index >= 15 is 0 Å². The average Bonchev–Trinajstić information content (AvgIpc) is 3.40. The molecule has 0 saturated carbocycles. The van der Waals surface area contributed by atoms with Crippen molar-refractivity contribution in [3.63, 3.8) is 0 Å². The van der Waals surface area contributed by atoms with Gasteiger partial charge in [-0.3, -0.25) is 0 Å². The maximum absolute atomic E-state index is 5.10. The zero-order chi connectivity index (χ0) is 25.2. The molecule has 2 aromatic heterocycles. The van der Waals surface area contributed by atoms with E-state index in [1.807, 2.05) is 35.9 Å². The lowest BCUT2D eigenvalue weighted by Gasteiger charge is -2.21. The Balaban J connectivity index is 1.58. The summed E-state index contributed by atoms with van der Waals surface area (Å²) in [5, 5.41) is 5.94. The number of para-hydroxylation sites is 1. The molecular formula is C28H31N7O. The van der Waals surface area contributed by atoms with E-state index in [1.165, 1.54) is 5.69 Å². The molecule has 36 heavy (non-hydrogen) atoms. The molecule has 184 valence electrons. The zero-order valence-electron chi connectivity index (χ0n) is 21.4. The Morgan fingerprint density at radius 3 is 2.56 bits per heavy atom. The highest BCUT2D eigenvalue weighted by atomic mass is 16.6. The van der Waals surface area contributed by atoms with Crippen LogP contribution in [0.3, 0.4) is 0 Å². The standard InChI is InChI=1S/C28H31N7O/c1-6-34(7-2)21-13-15-22(18(3)16-21)31-27-25(17-29-36-5)33-35-19(4)26(32-28(27)35)24-14-12-20-10-8-9-11-23(20)30-24/h8-16,29H,6-7,17H2,1-5H3. The van der Waals surface area contributed by atoms with Crippen LogP contribution in [0, 0.1) is 13.8 Å². The first kappa shape index (κ1) is 23.8. The quantitative estimate of drug-likeness (QED) is 0.356. The molecule has 4 aromatic rings. The average molecular weight is 482 g/mol. The van der Waals surface area contributed by atoms with Crippen LogP contribution in [0.2, 0.25) is 0 Å². The lowest BCUT2D eigenvalue weighted by Crippen LogP contribution is -2.27. The van der Waals surface area contributed by atoms with Crippen molar-refractivity contribution in [2.45, 2.75) is 27.7 Å². The molecule has 3 heterocycles. The third-order valence-corrected chi connectivity index (χ3v) is 6.55. The van der Waals surface area contributed by atoms with Crippen LogP contribution >= 0.6 is 0 Å². The fourth-order valence-electron chi connectivity index (χ4n) is 4.55. The predicted molar refractivity (Wildman–Crippen MR) is 146 cm³/mol. The SMILES string of the molecule is CCN(CC)c1ccc(N=C2C(CNOC)=Nn3c2nc(-c2ccc4ccccc4n2)c3C)c(C)c1. The van der Waals surface area contributed by atoms with Gasteiger partial charge in [-0.2, -0.15) is 10.6 Å². The van der Waals surface area contributed by atoms with Crippen molar-refractivity contribution < 1.29 is 4.84 Å². The van der Waals surface area contributed by atoms with Gasteiger partial charge in [-0.05, 0) is 63.6 Å². The summed E-state index contributed by atoms with van der Waals surface area (Å²) in [6.45, 7) is 10.8. The van der Waals surface area contributed by atoms with Gasteiger partial charge >= 0.3 is 0 Å². The summed E-state index contributed by atoms with van der Waals surface area (Å²) in [5.41, 5.74) is 11.1. The molecule has 0 amide bonds. The van der Waals surface area contributed by atoms with Crippen LogP contribution in [0.15, 0.2) is 64.7 Å². The molecule has 0 saturated heterocycles. The molecule has 0 radical (unpaired) electrons. The number of hydrogen-bond donors (Lipinski definition) is 1. The number of nitrogens with zero attached hydrogens (tertiary/aromatic N) is 6. The summed E-state index contributed by atoms with van der Waals surface area (Å²) in [4.78, 5) is 22.3. The van der Waals surface area contributed by atoms with E-state index in [1.54, 1.807) is 7.11 Å². The molecule has 1 N–H and O–H groups in total. The van der Waals surface area contributed by atoms with E-state index in [2.05, 4.69) is 61.5 Å². The molecule has 0 bridgehead atoms. The maximum Gasteiger partial charge on any atom is 0.182 e. The maximum atomic E-state index is 5.10. The Morgan fingerprint density at radius 1 is 1.00 bits per heavy atom. The summed E-state index contributed by atoms with van der Waals surface area (Å²) >= 11 is 0. The Morgan fingerprint density at radius 2 is 1.81 bits per heavy atom. The second-order valence-electron chi connectivity index (χ2n) is 8.75. The van der Waals surface area contributed by atoms with Crippen molar-refractivity contribution in [2.24, 2.45) is 10.1 Å². The largest absolute Gasteiger partial charge is 0.372 e. The molecule has 5 rings (SSSR count). The van der Waals surface area contributed by atoms with E-state index in [0.29, 0.717) is 12.4 Å². The Bertz CT molecular complexity index is 1480. The van der Waals surface area contributed by atoms with E-state index in [0.717, 1.165) is 63.7 Å². The summed E-state index contributed by atoms with van der Waals surface area (Å²) in [6, 6.07) is 18.6. The lowest BCUT2D eigenvalue weighted by molar-refractivity contribution is 0.104. The molecule has 0 atom stereocenters. The molecule has 8 nitrogen and oxygen atoms in total. The number of anilines is 1. The first-order chi connectivity index (χ1) is 17.5. The van der Waals surface area contributed by atoms with Gasteiger partial charge in [0.2, 0.25) is 0 Å². The van der Waals surface area contributed by atoms with Crippen molar-refractivity contribution in [1.82, 2.24) is 20.1 Å². The van der Waals surface area contributed by atoms with Crippen LogP contribution in [0.1, 0.15) is 30.9 Å². The van der Waals surface area contributed by atoms with Crippen molar-refractivity contribution in [1.29, 1.82) is 0 Å². The van der Waals surface area contributed by atoms with Gasteiger partial charge in [-0.1, -0.05) is 24.3 Å². The number of nitrogens with one attached hydrogen (secondary N) is 1. The summed E-state index contributed by atoms with van der Waals surface area (Å²) in [5.74, 6) is 0.706. The number of hydrogen-bond acceptors (Lipinski definition) is 7. The van der Waals surface area contributed by atoms with Gasteiger partial charge < -0.3 is 9.74 Å². The monoisotopic (exact) mass is 481 g/mol. The number of imidazole rings is 1. The smallest absolute Gasteiger partial charge is 0.182 e. The Hall–Kier alpha value is -3.88. The van der Waals surface area contributed by atoms with Crippen LogP contribution in [0.4, 0.5) is 11.4 Å². The number of aliphatic imine (C=N–C) groups is 1. The second kappa shape index (κ2) is 10.0. The molecule has 0 aliphatic carbocycles. The number of hydroxylamine groups is 1. The van der Waals surface area contributed by atoms with E-state index < -0.39 is 0 Å². The van der Waals surface area contributed by atoms with Crippen LogP contribution in [-0.4, -0.2) is 52.8 Å². The number of pyridine rings is 1. The minimum atomic E-state index is 0.415. The number of fused-ring (bicyclic) bond motifs is 2. The van der Waals surface area contributed by atoms with Crippen molar-refractivity contribution in [3.05, 3.63) is 71.7 Å². The summed E-state index contributed by atoms with van der Waals surface area (Å²) in [6.07, 6.45) is 0. The minimum Gasteiger partial charge on any atom is -0.372 e. The first-order valence-corrected chi connectivity index (χ1v) is 12.3. The van der Waals surface area contributed by atoms with Gasteiger partial charge in [0.1, 0.15) is 17.1 Å². The Kier molecular flexibility index (Phi) is 6.63. The summed E-state index contributed by atoms with van der Waals surface area (Å²) in [7, 11) is 1.59. The third kappa shape index (κ3) is 4.29. The fourth-order valence-corrected chi connectivity index (χ4v) is 4.55. The van der Waals surface area contributed by atoms with Crippen LogP contribution < -0.4 is 10.4 Å². The topological polar surface area (TPSA) is 79.9 Å². The fraction of sp³-hybridized carbons (Fsp3) is 0.286. The lowest BCUT2D eigenvalue weighted by atomic mass is 10.1. The van der Waals surface area contributed by atoms with E-state index in [-0.39, 0.29) is 0 Å². The molecule has 0 unspecified atom stereocenters. The normalized spacial score (nSPS) is 13.9. The van der Waals surface area contributed by atoms with Gasteiger partial charge in [0.05, 0.1) is 36.2 Å². The van der Waals surface area contributed by atoms with Crippen LogP contribution in [0.25, 0.3) is 22.3 Å². The van der Waals surface area contributed by atoms with Crippen molar-refractivity contribution >= 4 is 33.7 Å². The van der Waals surface area contributed by atoms with Crippen LogP contribution in [0.5, 0.6) is 0 Å². The summed E-state index contributed by atoms with van der Waals surface area (Å²) < 4.78 is 1.86. The van der Waals surface area contributed by atoms with Crippen LogP contribution in [-0.2, 0) is 4.84 Å².